The molecular formula is C16H21N3O5S. The van der Waals surface area contributed by atoms with Gasteiger partial charge in [0.1, 0.15) is 0 Å². The molecule has 1 amide bonds. The summed E-state index contributed by atoms with van der Waals surface area (Å²) in [5.41, 5.74) is 0.0335. The molecule has 1 aliphatic carbocycles. The molecule has 1 aliphatic heterocycles. The molecule has 9 heteroatoms. The number of ether oxygens (including phenoxy) is 1. The summed E-state index contributed by atoms with van der Waals surface area (Å²) in [6.07, 6.45) is 8.28. The van der Waals surface area contributed by atoms with E-state index in [1.165, 1.54) is 18.6 Å². The molecular weight excluding hydrogens is 346 g/mol. The number of carbonyl (C=O) groups excluding carboxylic acids is 2. The van der Waals surface area contributed by atoms with Crippen molar-refractivity contribution in [2.75, 3.05) is 18.1 Å². The average molecular weight is 367 g/mol. The summed E-state index contributed by atoms with van der Waals surface area (Å²) in [5.74, 6) is -0.959. The molecule has 0 bridgehead atoms. The SMILES string of the molecule is O=C(OCC(=O)N(C1CCCC1)[C@@H]1CCS(=O)(=O)C1)c1cnccn1. The van der Waals surface area contributed by atoms with Gasteiger partial charge < -0.3 is 9.64 Å². The van der Waals surface area contributed by atoms with Crippen molar-refractivity contribution >= 4 is 21.7 Å². The van der Waals surface area contributed by atoms with Gasteiger partial charge in [-0.05, 0) is 19.3 Å². The molecule has 3 rings (SSSR count). The van der Waals surface area contributed by atoms with Crippen molar-refractivity contribution < 1.29 is 22.7 Å². The molecule has 0 unspecified atom stereocenters. The third-order valence-corrected chi connectivity index (χ3v) is 6.46. The van der Waals surface area contributed by atoms with Crippen LogP contribution in [0.5, 0.6) is 0 Å². The second-order valence-corrected chi connectivity index (χ2v) is 8.69. The second-order valence-electron chi connectivity index (χ2n) is 6.46. The van der Waals surface area contributed by atoms with Crippen molar-refractivity contribution in [1.29, 1.82) is 0 Å². The highest BCUT2D eigenvalue weighted by Crippen LogP contribution is 2.29. The van der Waals surface area contributed by atoms with Crippen LogP contribution in [0.25, 0.3) is 0 Å². The van der Waals surface area contributed by atoms with Crippen LogP contribution in [0, 0.1) is 0 Å². The number of esters is 1. The van der Waals surface area contributed by atoms with Gasteiger partial charge in [0.05, 0.1) is 17.7 Å². The van der Waals surface area contributed by atoms with Crippen molar-refractivity contribution in [3.8, 4) is 0 Å². The molecule has 0 aromatic carbocycles. The highest BCUT2D eigenvalue weighted by molar-refractivity contribution is 7.91. The Balaban J connectivity index is 1.66. The lowest BCUT2D eigenvalue weighted by Gasteiger charge is -2.33. The Kier molecular flexibility index (Phi) is 5.31. The third-order valence-electron chi connectivity index (χ3n) is 4.71. The Morgan fingerprint density at radius 3 is 2.52 bits per heavy atom. The van der Waals surface area contributed by atoms with Crippen LogP contribution in [0.3, 0.4) is 0 Å². The van der Waals surface area contributed by atoms with Crippen LogP contribution >= 0.6 is 0 Å². The summed E-state index contributed by atoms with van der Waals surface area (Å²) in [4.78, 5) is 33.9. The molecule has 8 nitrogen and oxygen atoms in total. The van der Waals surface area contributed by atoms with Gasteiger partial charge in [0, 0.05) is 24.5 Å². The monoisotopic (exact) mass is 367 g/mol. The lowest BCUT2D eigenvalue weighted by atomic mass is 10.1. The molecule has 0 N–H and O–H groups in total. The van der Waals surface area contributed by atoms with Crippen LogP contribution in [0.2, 0.25) is 0 Å². The molecule has 136 valence electrons. The number of hydrogen-bond donors (Lipinski definition) is 0. The summed E-state index contributed by atoms with van der Waals surface area (Å²) in [7, 11) is -3.10. The maximum atomic E-state index is 12.7. The molecule has 2 aliphatic rings. The minimum absolute atomic E-state index is 0.00660. The van der Waals surface area contributed by atoms with Gasteiger partial charge in [-0.3, -0.25) is 9.78 Å². The van der Waals surface area contributed by atoms with Gasteiger partial charge in [0.15, 0.2) is 22.1 Å². The van der Waals surface area contributed by atoms with Gasteiger partial charge in [0.25, 0.3) is 5.91 Å². The first-order chi connectivity index (χ1) is 12.0. The largest absolute Gasteiger partial charge is 0.451 e. The Morgan fingerprint density at radius 2 is 1.92 bits per heavy atom. The van der Waals surface area contributed by atoms with Crippen LogP contribution in [-0.2, 0) is 19.4 Å². The maximum absolute atomic E-state index is 12.7. The topological polar surface area (TPSA) is 107 Å². The first kappa shape index (κ1) is 17.8. The normalized spacial score (nSPS) is 22.6. The van der Waals surface area contributed by atoms with E-state index in [2.05, 4.69) is 9.97 Å². The Bertz CT molecular complexity index is 731. The minimum Gasteiger partial charge on any atom is -0.451 e. The zero-order valence-electron chi connectivity index (χ0n) is 13.8. The molecule has 1 saturated carbocycles. The van der Waals surface area contributed by atoms with Crippen LogP contribution in [0.4, 0.5) is 0 Å². The number of aromatic nitrogens is 2. The number of rotatable bonds is 5. The summed E-state index contributed by atoms with van der Waals surface area (Å²) >= 11 is 0. The fourth-order valence-corrected chi connectivity index (χ4v) is 5.27. The Morgan fingerprint density at radius 1 is 1.16 bits per heavy atom. The van der Waals surface area contributed by atoms with Gasteiger partial charge in [0.2, 0.25) is 0 Å². The van der Waals surface area contributed by atoms with Gasteiger partial charge in [-0.15, -0.1) is 0 Å². The Labute approximate surface area is 146 Å². The van der Waals surface area contributed by atoms with E-state index in [4.69, 9.17) is 4.74 Å². The highest BCUT2D eigenvalue weighted by atomic mass is 32.2. The zero-order valence-corrected chi connectivity index (χ0v) is 14.7. The second kappa shape index (κ2) is 7.47. The van der Waals surface area contributed by atoms with Crippen molar-refractivity contribution in [3.05, 3.63) is 24.3 Å². The van der Waals surface area contributed by atoms with Gasteiger partial charge in [-0.2, -0.15) is 0 Å². The van der Waals surface area contributed by atoms with Gasteiger partial charge >= 0.3 is 5.97 Å². The molecule has 1 saturated heterocycles. The molecule has 0 radical (unpaired) electrons. The maximum Gasteiger partial charge on any atom is 0.359 e. The van der Waals surface area contributed by atoms with E-state index in [0.29, 0.717) is 6.42 Å². The van der Waals surface area contributed by atoms with Crippen molar-refractivity contribution in [1.82, 2.24) is 14.9 Å². The standard InChI is InChI=1S/C16H21N3O5S/c20-15(10-24-16(21)14-9-17-6-7-18-14)19(12-3-1-2-4-12)13-5-8-25(22,23)11-13/h6-7,9,12-13H,1-5,8,10-11H2/t13-/m1/s1. The van der Waals surface area contributed by atoms with E-state index >= 15 is 0 Å². The first-order valence-electron chi connectivity index (χ1n) is 8.41. The van der Waals surface area contributed by atoms with Crippen LogP contribution in [0.15, 0.2) is 18.6 Å². The van der Waals surface area contributed by atoms with E-state index in [1.807, 2.05) is 0 Å². The van der Waals surface area contributed by atoms with Crippen molar-refractivity contribution in [2.45, 2.75) is 44.2 Å². The lowest BCUT2D eigenvalue weighted by molar-refractivity contribution is -0.139. The third kappa shape index (κ3) is 4.33. The molecule has 1 aromatic rings. The molecule has 2 heterocycles. The van der Waals surface area contributed by atoms with Gasteiger partial charge in [-0.25, -0.2) is 18.2 Å². The fraction of sp³-hybridized carbons (Fsp3) is 0.625. The van der Waals surface area contributed by atoms with E-state index in [0.717, 1.165) is 25.7 Å². The van der Waals surface area contributed by atoms with Crippen LogP contribution < -0.4 is 0 Å². The number of amides is 1. The van der Waals surface area contributed by atoms with E-state index in [1.54, 1.807) is 4.90 Å². The smallest absolute Gasteiger partial charge is 0.359 e. The molecule has 0 spiro atoms. The molecule has 2 fully saturated rings. The number of sulfone groups is 1. The molecule has 1 atom stereocenters. The Hall–Kier alpha value is -2.03. The van der Waals surface area contributed by atoms with E-state index < -0.39 is 22.4 Å². The van der Waals surface area contributed by atoms with Crippen molar-refractivity contribution in [2.24, 2.45) is 0 Å². The molecule has 1 aromatic heterocycles. The fourth-order valence-electron chi connectivity index (χ4n) is 3.56. The zero-order chi connectivity index (χ0) is 17.9. The summed E-state index contributed by atoms with van der Waals surface area (Å²) in [6.45, 7) is -0.414. The summed E-state index contributed by atoms with van der Waals surface area (Å²) in [6, 6.07) is -0.295. The summed E-state index contributed by atoms with van der Waals surface area (Å²) < 4.78 is 28.7. The van der Waals surface area contributed by atoms with Crippen LogP contribution in [0.1, 0.15) is 42.6 Å². The van der Waals surface area contributed by atoms with E-state index in [9.17, 15) is 18.0 Å². The predicted octanol–water partition coefficient (Wildman–Crippen LogP) is 0.592. The number of hydrogen-bond acceptors (Lipinski definition) is 7. The minimum atomic E-state index is -3.10. The average Bonchev–Trinajstić information content (AvgIpc) is 3.24. The number of carbonyl (C=O) groups is 2. The lowest BCUT2D eigenvalue weighted by Crippen LogP contribution is -2.48. The summed E-state index contributed by atoms with van der Waals surface area (Å²) in [5, 5.41) is 0. The highest BCUT2D eigenvalue weighted by Gasteiger charge is 2.39. The van der Waals surface area contributed by atoms with Crippen molar-refractivity contribution in [3.63, 3.8) is 0 Å². The van der Waals surface area contributed by atoms with Gasteiger partial charge in [-0.1, -0.05) is 12.8 Å². The predicted molar refractivity (Wildman–Crippen MR) is 88.5 cm³/mol. The van der Waals surface area contributed by atoms with Crippen LogP contribution in [-0.4, -0.2) is 65.4 Å². The van der Waals surface area contributed by atoms with E-state index in [-0.39, 0.29) is 35.2 Å². The number of nitrogens with zero attached hydrogens (tertiary/aromatic N) is 3. The first-order valence-corrected chi connectivity index (χ1v) is 10.2. The quantitative estimate of drug-likeness (QED) is 0.701. The molecule has 25 heavy (non-hydrogen) atoms.